The van der Waals surface area contributed by atoms with Gasteiger partial charge in [0, 0.05) is 45.2 Å². The van der Waals surface area contributed by atoms with E-state index in [4.69, 9.17) is 40.0 Å². The first-order chi connectivity index (χ1) is 19.3. The van der Waals surface area contributed by atoms with Crippen LogP contribution in [0.4, 0.5) is 0 Å². The molecule has 0 bridgehead atoms. The van der Waals surface area contributed by atoms with Gasteiger partial charge in [0.1, 0.15) is 24.2 Å². The van der Waals surface area contributed by atoms with E-state index >= 15 is 0 Å². The van der Waals surface area contributed by atoms with E-state index in [-0.39, 0.29) is 23.5 Å². The molecule has 0 spiro atoms. The number of benzene rings is 2. The molecule has 1 heterocycles. The second kappa shape index (κ2) is 14.0. The fourth-order valence-electron chi connectivity index (χ4n) is 4.12. The number of ketones is 1. The molecule has 0 aromatic heterocycles. The lowest BCUT2D eigenvalue weighted by Crippen LogP contribution is -2.63. The Morgan fingerprint density at radius 1 is 0.805 bits per heavy atom. The summed E-state index contributed by atoms with van der Waals surface area (Å²) < 4.78 is 32.8. The van der Waals surface area contributed by atoms with Crippen LogP contribution in [-0.2, 0) is 49.3 Å². The van der Waals surface area contributed by atoms with Crippen molar-refractivity contribution in [2.45, 2.75) is 64.8 Å². The van der Waals surface area contributed by atoms with Gasteiger partial charge in [0.15, 0.2) is 18.0 Å². The summed E-state index contributed by atoms with van der Waals surface area (Å²) in [6.45, 7) is 4.03. The highest BCUT2D eigenvalue weighted by molar-refractivity contribution is 6.30. The van der Waals surface area contributed by atoms with E-state index in [1.165, 1.54) is 12.1 Å². The van der Waals surface area contributed by atoms with Crippen molar-refractivity contribution in [2.24, 2.45) is 0 Å². The van der Waals surface area contributed by atoms with Crippen LogP contribution in [0, 0.1) is 0 Å². The number of carbonyl (C=O) groups excluding carboxylic acids is 5. The molecule has 0 radical (unpaired) electrons. The molecule has 0 saturated carbocycles. The van der Waals surface area contributed by atoms with Crippen molar-refractivity contribution in [3.05, 3.63) is 58.6 Å². The normalized spacial score (nSPS) is 21.7. The maximum Gasteiger partial charge on any atom is 0.303 e. The molecule has 1 saturated heterocycles. The standard InChI is InChI=1S/C28H29ClO12/c1-14(30)36-13-24-25(37-15(2)31)26(38-16(3)32)27(39-17(4)33)28(41-24)40-20-9-10-21(23(35)12-20)22(34)11-18-5-7-19(29)8-6-18/h5-10,12,24-28,35H,11,13H2,1-4H3/t24-,25-,26-,27+,28-/m0/s1. The Balaban J connectivity index is 1.90. The lowest BCUT2D eigenvalue weighted by atomic mass is 9.98. The van der Waals surface area contributed by atoms with Crippen molar-refractivity contribution in [1.29, 1.82) is 0 Å². The molecule has 2 aromatic carbocycles. The number of phenols is 1. The van der Waals surface area contributed by atoms with Crippen LogP contribution in [0.25, 0.3) is 0 Å². The zero-order chi connectivity index (χ0) is 30.3. The number of esters is 4. The van der Waals surface area contributed by atoms with Crippen molar-refractivity contribution in [3.63, 3.8) is 0 Å². The van der Waals surface area contributed by atoms with Crippen molar-refractivity contribution in [2.75, 3.05) is 6.61 Å². The van der Waals surface area contributed by atoms with Gasteiger partial charge in [-0.3, -0.25) is 24.0 Å². The molecule has 220 valence electrons. The van der Waals surface area contributed by atoms with Crippen LogP contribution in [0.3, 0.4) is 0 Å². The average molecular weight is 593 g/mol. The van der Waals surface area contributed by atoms with Gasteiger partial charge in [-0.25, -0.2) is 0 Å². The van der Waals surface area contributed by atoms with E-state index in [0.717, 1.165) is 33.8 Å². The van der Waals surface area contributed by atoms with Crippen molar-refractivity contribution in [1.82, 2.24) is 0 Å². The number of carbonyl (C=O) groups is 5. The number of ether oxygens (including phenoxy) is 6. The monoisotopic (exact) mass is 592 g/mol. The third-order valence-corrected chi connectivity index (χ3v) is 6.00. The van der Waals surface area contributed by atoms with Crippen molar-refractivity contribution in [3.8, 4) is 11.5 Å². The summed E-state index contributed by atoms with van der Waals surface area (Å²) in [5.41, 5.74) is 0.713. The number of rotatable bonds is 10. The van der Waals surface area contributed by atoms with Crippen LogP contribution in [0.5, 0.6) is 11.5 Å². The molecule has 41 heavy (non-hydrogen) atoms. The molecule has 1 fully saturated rings. The number of halogens is 1. The highest BCUT2D eigenvalue weighted by atomic mass is 35.5. The van der Waals surface area contributed by atoms with Gasteiger partial charge in [0.25, 0.3) is 0 Å². The minimum absolute atomic E-state index is 0.00459. The van der Waals surface area contributed by atoms with Gasteiger partial charge >= 0.3 is 23.9 Å². The molecular weight excluding hydrogens is 564 g/mol. The highest BCUT2D eigenvalue weighted by Crippen LogP contribution is 2.33. The van der Waals surface area contributed by atoms with E-state index < -0.39 is 66.9 Å². The van der Waals surface area contributed by atoms with E-state index in [2.05, 4.69) is 0 Å². The highest BCUT2D eigenvalue weighted by Gasteiger charge is 2.53. The maximum absolute atomic E-state index is 12.8. The van der Waals surface area contributed by atoms with Gasteiger partial charge < -0.3 is 33.5 Å². The second-order valence-electron chi connectivity index (χ2n) is 9.09. The lowest BCUT2D eigenvalue weighted by molar-refractivity contribution is -0.288. The van der Waals surface area contributed by atoms with Crippen molar-refractivity contribution >= 4 is 41.3 Å². The summed E-state index contributed by atoms with van der Waals surface area (Å²) in [6, 6.07) is 10.6. The van der Waals surface area contributed by atoms with Crippen LogP contribution in [0.15, 0.2) is 42.5 Å². The van der Waals surface area contributed by atoms with Crippen LogP contribution in [-0.4, -0.2) is 72.1 Å². The van der Waals surface area contributed by atoms with Gasteiger partial charge in [0.05, 0.1) is 5.56 Å². The van der Waals surface area contributed by atoms with Gasteiger partial charge in [-0.2, -0.15) is 0 Å². The number of phenolic OH excluding ortho intramolecular Hbond substituents is 1. The SMILES string of the molecule is CC(=O)OC[C@@H]1O[C@H](Oc2ccc(C(=O)Cc3ccc(Cl)cc3)c(O)c2)[C@H](OC(C)=O)[C@@H](OC(C)=O)[C@H]1OC(C)=O. The van der Waals surface area contributed by atoms with Crippen molar-refractivity contribution < 1.29 is 57.5 Å². The lowest BCUT2D eigenvalue weighted by Gasteiger charge is -2.43. The topological polar surface area (TPSA) is 161 Å². The minimum atomic E-state index is -1.49. The Morgan fingerprint density at radius 3 is 1.95 bits per heavy atom. The Morgan fingerprint density at radius 2 is 1.39 bits per heavy atom. The number of aromatic hydroxyl groups is 1. The molecule has 0 amide bonds. The van der Waals surface area contributed by atoms with Gasteiger partial charge in [-0.05, 0) is 29.8 Å². The predicted octanol–water partition coefficient (Wildman–Crippen LogP) is 2.93. The summed E-state index contributed by atoms with van der Waals surface area (Å²) >= 11 is 5.89. The Kier molecular flexibility index (Phi) is 10.7. The first-order valence-electron chi connectivity index (χ1n) is 12.4. The number of hydrogen-bond donors (Lipinski definition) is 1. The predicted molar refractivity (Wildman–Crippen MR) is 140 cm³/mol. The smallest absolute Gasteiger partial charge is 0.303 e. The van der Waals surface area contributed by atoms with E-state index in [0.29, 0.717) is 10.6 Å². The quantitative estimate of drug-likeness (QED) is 0.244. The average Bonchev–Trinajstić information content (AvgIpc) is 2.87. The van der Waals surface area contributed by atoms with Crippen LogP contribution in [0.2, 0.25) is 5.02 Å². The Labute approximate surface area is 240 Å². The van der Waals surface area contributed by atoms with Crippen LogP contribution < -0.4 is 4.74 Å². The molecule has 5 atom stereocenters. The molecule has 1 aliphatic heterocycles. The zero-order valence-corrected chi connectivity index (χ0v) is 23.4. The summed E-state index contributed by atoms with van der Waals surface area (Å²) in [6.07, 6.45) is -6.93. The maximum atomic E-state index is 12.8. The third-order valence-electron chi connectivity index (χ3n) is 5.75. The molecule has 1 aliphatic rings. The van der Waals surface area contributed by atoms with E-state index in [9.17, 15) is 29.1 Å². The molecule has 2 aromatic rings. The number of hydrogen-bond acceptors (Lipinski definition) is 12. The minimum Gasteiger partial charge on any atom is -0.507 e. The summed E-state index contributed by atoms with van der Waals surface area (Å²) in [7, 11) is 0. The van der Waals surface area contributed by atoms with Gasteiger partial charge in [-0.15, -0.1) is 0 Å². The molecule has 12 nitrogen and oxygen atoms in total. The first-order valence-corrected chi connectivity index (χ1v) is 12.8. The second-order valence-corrected chi connectivity index (χ2v) is 9.53. The number of Topliss-reactive ketones (excluding diaryl/α,β-unsaturated/α-hetero) is 1. The molecule has 1 N–H and O–H groups in total. The molecule has 0 unspecified atom stereocenters. The van der Waals surface area contributed by atoms with Crippen LogP contribution in [0.1, 0.15) is 43.6 Å². The molecule has 0 aliphatic carbocycles. The molecule has 3 rings (SSSR count). The Hall–Kier alpha value is -4.16. The summed E-state index contributed by atoms with van der Waals surface area (Å²) in [5.74, 6) is -3.80. The first kappa shape index (κ1) is 31.4. The zero-order valence-electron chi connectivity index (χ0n) is 22.7. The largest absolute Gasteiger partial charge is 0.507 e. The van der Waals surface area contributed by atoms with Gasteiger partial charge in [0.2, 0.25) is 12.4 Å². The summed E-state index contributed by atoms with van der Waals surface area (Å²) in [4.78, 5) is 60.1. The fraction of sp³-hybridized carbons (Fsp3) is 0.393. The van der Waals surface area contributed by atoms with Gasteiger partial charge in [-0.1, -0.05) is 23.7 Å². The van der Waals surface area contributed by atoms with E-state index in [1.807, 2.05) is 0 Å². The molecular formula is C28H29ClO12. The molecule has 13 heteroatoms. The van der Waals surface area contributed by atoms with E-state index in [1.54, 1.807) is 24.3 Å². The van der Waals surface area contributed by atoms with Crippen LogP contribution >= 0.6 is 11.6 Å². The summed E-state index contributed by atoms with van der Waals surface area (Å²) in [5, 5.41) is 11.1. The third kappa shape index (κ3) is 8.92. The Bertz CT molecular complexity index is 1290. The fourth-order valence-corrected chi connectivity index (χ4v) is 4.25.